The summed E-state index contributed by atoms with van der Waals surface area (Å²) >= 11 is 0. The fraction of sp³-hybridized carbons (Fsp3) is 1.00. The minimum atomic E-state index is -0.684. The molecule has 0 saturated carbocycles. The second kappa shape index (κ2) is 7.82. The molecular formula is C10H19B5O4. The van der Waals surface area contributed by atoms with Gasteiger partial charge >= 0.3 is 0 Å². The van der Waals surface area contributed by atoms with Gasteiger partial charge in [0.25, 0.3) is 0 Å². The Labute approximate surface area is 121 Å². The van der Waals surface area contributed by atoms with Crippen LogP contribution in [0, 0.1) is 5.92 Å². The number of hydrogen-bond donors (Lipinski definition) is 0. The van der Waals surface area contributed by atoms with Crippen molar-refractivity contribution in [3.05, 3.63) is 0 Å². The average molecular weight is 257 g/mol. The van der Waals surface area contributed by atoms with Gasteiger partial charge in [0.15, 0.2) is 0 Å². The van der Waals surface area contributed by atoms with Gasteiger partial charge in [-0.3, -0.25) is 0 Å². The number of ether oxygens (including phenoxy) is 4. The highest BCUT2D eigenvalue weighted by molar-refractivity contribution is 7.66. The Balaban J connectivity index is 2.93. The first-order valence-corrected chi connectivity index (χ1v) is 6.44. The normalized spacial score (nSPS) is 35.1. The summed E-state index contributed by atoms with van der Waals surface area (Å²) in [5.41, 5.74) is 0. The van der Waals surface area contributed by atoms with Crippen LogP contribution >= 0.6 is 0 Å². The van der Waals surface area contributed by atoms with E-state index >= 15 is 0 Å². The van der Waals surface area contributed by atoms with Gasteiger partial charge in [-0.1, -0.05) is 6.92 Å². The molecule has 4 nitrogen and oxygen atoms in total. The lowest BCUT2D eigenvalue weighted by atomic mass is 8.85. The smallest absolute Gasteiger partial charge is 0.101 e. The predicted molar refractivity (Wildman–Crippen MR) is 80.1 cm³/mol. The highest BCUT2D eigenvalue weighted by Crippen LogP contribution is 2.30. The number of rotatable bonds is 6. The summed E-state index contributed by atoms with van der Waals surface area (Å²) in [6.07, 6.45) is -1.26. The fourth-order valence-corrected chi connectivity index (χ4v) is 2.60. The zero-order valence-electron chi connectivity index (χ0n) is 12.1. The molecular weight excluding hydrogens is 238 g/mol. The van der Waals surface area contributed by atoms with Crippen molar-refractivity contribution in [3.63, 3.8) is 0 Å². The molecule has 2 unspecified atom stereocenters. The van der Waals surface area contributed by atoms with Crippen LogP contribution in [0.25, 0.3) is 0 Å². The largest absolute Gasteiger partial charge is 0.382 e. The van der Waals surface area contributed by atoms with Crippen LogP contribution in [0.2, 0.25) is 0 Å². The summed E-state index contributed by atoms with van der Waals surface area (Å²) in [6, 6.07) is -0.425. The fourth-order valence-electron chi connectivity index (χ4n) is 2.60. The van der Waals surface area contributed by atoms with Gasteiger partial charge in [0, 0.05) is 62.8 Å². The molecule has 1 saturated heterocycles. The van der Waals surface area contributed by atoms with E-state index in [-0.39, 0.29) is 24.2 Å². The molecule has 0 aliphatic carbocycles. The third-order valence-electron chi connectivity index (χ3n) is 3.78. The molecule has 1 rings (SSSR count). The lowest BCUT2D eigenvalue weighted by molar-refractivity contribution is -0.199. The number of hydrogen-bond acceptors (Lipinski definition) is 4. The van der Waals surface area contributed by atoms with Crippen molar-refractivity contribution < 1.29 is 18.9 Å². The minimum Gasteiger partial charge on any atom is -0.382 e. The summed E-state index contributed by atoms with van der Waals surface area (Å²) in [4.78, 5) is 0. The topological polar surface area (TPSA) is 36.9 Å². The Bertz CT molecular complexity index is 270. The van der Waals surface area contributed by atoms with Crippen LogP contribution in [0.4, 0.5) is 0 Å². The molecule has 19 heavy (non-hydrogen) atoms. The van der Waals surface area contributed by atoms with Crippen LogP contribution in [0.15, 0.2) is 0 Å². The molecule has 6 radical (unpaired) electrons. The molecule has 9 heteroatoms. The quantitative estimate of drug-likeness (QED) is 0.553. The van der Waals surface area contributed by atoms with Crippen molar-refractivity contribution in [2.75, 3.05) is 27.9 Å². The molecule has 0 aromatic carbocycles. The maximum atomic E-state index is 6.03. The highest BCUT2D eigenvalue weighted by Gasteiger charge is 2.46. The Morgan fingerprint density at radius 2 is 1.63 bits per heavy atom. The van der Waals surface area contributed by atoms with Crippen molar-refractivity contribution >= 4 is 36.1 Å². The van der Waals surface area contributed by atoms with Gasteiger partial charge in [0.1, 0.15) is 6.10 Å². The monoisotopic (exact) mass is 258 g/mol. The summed E-state index contributed by atoms with van der Waals surface area (Å²) in [5, 5.41) is 0. The Morgan fingerprint density at radius 1 is 1.05 bits per heavy atom. The van der Waals surface area contributed by atoms with Gasteiger partial charge in [-0.25, -0.2) is 0 Å². The van der Waals surface area contributed by atoms with Crippen LogP contribution in [0.1, 0.15) is 6.92 Å². The van der Waals surface area contributed by atoms with Crippen molar-refractivity contribution in [3.8, 4) is 0 Å². The Hall–Kier alpha value is 0.165. The van der Waals surface area contributed by atoms with Gasteiger partial charge in [-0.15, -0.1) is 0 Å². The van der Waals surface area contributed by atoms with Crippen LogP contribution < -0.4 is 0 Å². The third-order valence-corrected chi connectivity index (χ3v) is 3.78. The van der Waals surface area contributed by atoms with Crippen molar-refractivity contribution in [2.45, 2.75) is 31.2 Å². The zero-order chi connectivity index (χ0) is 14.6. The highest BCUT2D eigenvalue weighted by atomic mass is 16.6. The standard InChI is InChI=1S/C10H19B5O4/c1-6-7(5-16-2)19-10(14(11)15(12)13)9(18-4)8(6)17-3/h6-10H,5H2,1-4H3/t6-,7?,8+,9?,10-/m1/s1. The van der Waals surface area contributed by atoms with Crippen molar-refractivity contribution in [2.24, 2.45) is 5.92 Å². The SMILES string of the molecule is [B]B([B])B([B])[C@@H]1OC(COC)[C@@H](C)[C@H](OC)C1OC. The molecule has 98 valence electrons. The number of methoxy groups -OCH3 is 3. The molecule has 1 heterocycles. The molecule has 0 amide bonds. The second-order valence-corrected chi connectivity index (χ2v) is 5.01. The molecule has 1 aliphatic heterocycles. The molecule has 1 aliphatic rings. The third kappa shape index (κ3) is 3.84. The predicted octanol–water partition coefficient (Wildman–Crippen LogP) is -1.33. The van der Waals surface area contributed by atoms with E-state index in [1.54, 1.807) is 21.3 Å². The van der Waals surface area contributed by atoms with E-state index in [0.717, 1.165) is 0 Å². The van der Waals surface area contributed by atoms with Gasteiger partial charge in [-0.2, -0.15) is 0 Å². The Morgan fingerprint density at radius 3 is 2.05 bits per heavy atom. The van der Waals surface area contributed by atoms with E-state index < -0.39 is 18.9 Å². The summed E-state index contributed by atoms with van der Waals surface area (Å²) in [7, 11) is 22.2. The van der Waals surface area contributed by atoms with Gasteiger partial charge in [0.05, 0.1) is 25.3 Å². The molecule has 5 atom stereocenters. The van der Waals surface area contributed by atoms with E-state index in [1.165, 1.54) is 0 Å². The molecule has 0 aromatic rings. The van der Waals surface area contributed by atoms with Crippen LogP contribution in [-0.2, 0) is 18.9 Å². The van der Waals surface area contributed by atoms with Crippen LogP contribution in [0.5, 0.6) is 0 Å². The molecule has 0 N–H and O–H groups in total. The van der Waals surface area contributed by atoms with E-state index in [4.69, 9.17) is 42.2 Å². The zero-order valence-corrected chi connectivity index (χ0v) is 12.1. The van der Waals surface area contributed by atoms with E-state index in [0.29, 0.717) is 6.61 Å². The van der Waals surface area contributed by atoms with Crippen molar-refractivity contribution in [1.82, 2.24) is 0 Å². The molecule has 0 bridgehead atoms. The molecule has 1 fully saturated rings. The summed E-state index contributed by atoms with van der Waals surface area (Å²) < 4.78 is 22.2. The lowest BCUT2D eigenvalue weighted by Gasteiger charge is -2.47. The van der Waals surface area contributed by atoms with Crippen LogP contribution in [-0.4, -0.2) is 88.3 Å². The first kappa shape index (κ1) is 17.2. The van der Waals surface area contributed by atoms with E-state index in [1.807, 2.05) is 6.92 Å². The maximum Gasteiger partial charge on any atom is 0.101 e. The van der Waals surface area contributed by atoms with Crippen LogP contribution in [0.3, 0.4) is 0 Å². The lowest BCUT2D eigenvalue weighted by Crippen LogP contribution is -2.64. The van der Waals surface area contributed by atoms with E-state index in [9.17, 15) is 0 Å². The first-order chi connectivity index (χ1) is 8.97. The summed E-state index contributed by atoms with van der Waals surface area (Å²) in [5.74, 6) is 0.118. The maximum absolute atomic E-state index is 6.03. The van der Waals surface area contributed by atoms with Crippen molar-refractivity contribution in [1.29, 1.82) is 0 Å². The average Bonchev–Trinajstić information content (AvgIpc) is 2.39. The van der Waals surface area contributed by atoms with E-state index in [2.05, 4.69) is 0 Å². The minimum absolute atomic E-state index is 0.118. The second-order valence-electron chi connectivity index (χ2n) is 5.01. The van der Waals surface area contributed by atoms with Gasteiger partial charge in [0.2, 0.25) is 0 Å². The van der Waals surface area contributed by atoms with Gasteiger partial charge in [-0.05, 0) is 0 Å². The first-order valence-electron chi connectivity index (χ1n) is 6.44. The molecule has 0 spiro atoms. The Kier molecular flexibility index (Phi) is 7.08. The molecule has 0 aromatic heterocycles. The van der Waals surface area contributed by atoms with Gasteiger partial charge < -0.3 is 18.9 Å². The summed E-state index contributed by atoms with van der Waals surface area (Å²) in [6.45, 7) is 1.96.